The third-order valence-electron chi connectivity index (χ3n) is 4.96. The Morgan fingerprint density at radius 3 is 2.70 bits per heavy atom. The first-order valence-corrected chi connectivity index (χ1v) is 9.50. The topological polar surface area (TPSA) is 58.0 Å². The van der Waals surface area contributed by atoms with Crippen LogP contribution in [0.3, 0.4) is 0 Å². The zero-order chi connectivity index (χ0) is 18.4. The summed E-state index contributed by atoms with van der Waals surface area (Å²) in [5, 5.41) is 17.1. The fraction of sp³-hybridized carbons (Fsp3) is 0.143. The van der Waals surface area contributed by atoms with E-state index >= 15 is 0 Å². The highest BCUT2D eigenvalue weighted by Gasteiger charge is 2.41. The minimum atomic E-state index is -0.338. The molecule has 0 radical (unpaired) electrons. The molecule has 2 aromatic carbocycles. The minimum Gasteiger partial charge on any atom is -0.507 e. The van der Waals surface area contributed by atoms with Crippen molar-refractivity contribution in [3.05, 3.63) is 88.2 Å². The summed E-state index contributed by atoms with van der Waals surface area (Å²) in [5.41, 5.74) is 3.69. The van der Waals surface area contributed by atoms with Gasteiger partial charge in [0, 0.05) is 40.0 Å². The highest BCUT2D eigenvalue weighted by molar-refractivity contribution is 9.10. The van der Waals surface area contributed by atoms with Crippen molar-refractivity contribution < 1.29 is 9.84 Å². The zero-order valence-corrected chi connectivity index (χ0v) is 15.9. The molecule has 2 aliphatic heterocycles. The van der Waals surface area contributed by atoms with Gasteiger partial charge in [-0.3, -0.25) is 4.98 Å². The molecule has 0 bridgehead atoms. The van der Waals surface area contributed by atoms with E-state index in [1.54, 1.807) is 18.5 Å². The molecular formula is C21H16BrN3O2. The fourth-order valence-electron chi connectivity index (χ4n) is 3.69. The van der Waals surface area contributed by atoms with E-state index in [4.69, 9.17) is 9.84 Å². The third kappa shape index (κ3) is 2.77. The molecule has 0 spiro atoms. The molecule has 0 saturated carbocycles. The van der Waals surface area contributed by atoms with E-state index in [-0.39, 0.29) is 18.0 Å². The lowest BCUT2D eigenvalue weighted by Crippen LogP contribution is -2.33. The van der Waals surface area contributed by atoms with Crippen LogP contribution in [0.15, 0.2) is 76.6 Å². The quantitative estimate of drug-likeness (QED) is 0.645. The first kappa shape index (κ1) is 16.3. The number of para-hydroxylation sites is 1. The van der Waals surface area contributed by atoms with Crippen LogP contribution < -0.4 is 4.74 Å². The van der Waals surface area contributed by atoms with Crippen molar-refractivity contribution in [3.63, 3.8) is 0 Å². The number of aromatic nitrogens is 1. The summed E-state index contributed by atoms with van der Waals surface area (Å²) >= 11 is 3.56. The molecule has 0 aliphatic carbocycles. The molecule has 0 amide bonds. The van der Waals surface area contributed by atoms with Gasteiger partial charge < -0.3 is 9.84 Å². The van der Waals surface area contributed by atoms with Gasteiger partial charge in [0.15, 0.2) is 0 Å². The maximum atomic E-state index is 10.3. The maximum Gasteiger partial charge on any atom is 0.213 e. The number of fused-ring (bicyclic) bond motifs is 3. The number of hydrazone groups is 1. The number of rotatable bonds is 2. The molecule has 0 fully saturated rings. The molecule has 3 heterocycles. The summed E-state index contributed by atoms with van der Waals surface area (Å²) < 4.78 is 7.31. The largest absolute Gasteiger partial charge is 0.507 e. The van der Waals surface area contributed by atoms with E-state index in [1.165, 1.54) is 0 Å². The zero-order valence-electron chi connectivity index (χ0n) is 14.3. The highest BCUT2D eigenvalue weighted by atomic mass is 79.9. The molecule has 6 heteroatoms. The predicted molar refractivity (Wildman–Crippen MR) is 106 cm³/mol. The van der Waals surface area contributed by atoms with Crippen molar-refractivity contribution in [2.24, 2.45) is 5.10 Å². The maximum absolute atomic E-state index is 10.3. The average molecular weight is 422 g/mol. The lowest BCUT2D eigenvalue weighted by molar-refractivity contribution is -0.0191. The lowest BCUT2D eigenvalue weighted by Gasteiger charge is -2.38. The summed E-state index contributed by atoms with van der Waals surface area (Å²) in [6.45, 7) is 0. The Labute approximate surface area is 165 Å². The van der Waals surface area contributed by atoms with Gasteiger partial charge in [0.25, 0.3) is 0 Å². The van der Waals surface area contributed by atoms with E-state index in [0.29, 0.717) is 6.42 Å². The number of phenols is 1. The molecule has 1 aromatic heterocycles. The Morgan fingerprint density at radius 2 is 1.89 bits per heavy atom. The number of nitrogens with zero attached hydrogens (tertiary/aromatic N) is 3. The molecule has 2 atom stereocenters. The van der Waals surface area contributed by atoms with Crippen molar-refractivity contribution in [2.45, 2.75) is 18.7 Å². The van der Waals surface area contributed by atoms with Crippen LogP contribution in [0.2, 0.25) is 0 Å². The molecule has 134 valence electrons. The number of hydrogen-bond acceptors (Lipinski definition) is 5. The normalized spacial score (nSPS) is 20.5. The van der Waals surface area contributed by atoms with E-state index in [1.807, 2.05) is 47.5 Å². The van der Waals surface area contributed by atoms with Crippen molar-refractivity contribution in [2.75, 3.05) is 0 Å². The molecule has 5 nitrogen and oxygen atoms in total. The van der Waals surface area contributed by atoms with Gasteiger partial charge in [-0.05, 0) is 42.5 Å². The minimum absolute atomic E-state index is 0.0408. The molecule has 27 heavy (non-hydrogen) atoms. The monoisotopic (exact) mass is 421 g/mol. The van der Waals surface area contributed by atoms with E-state index in [2.05, 4.69) is 27.0 Å². The Balaban J connectivity index is 1.63. The number of benzene rings is 2. The first-order valence-electron chi connectivity index (χ1n) is 8.71. The second-order valence-electron chi connectivity index (χ2n) is 6.60. The number of ether oxygens (including phenoxy) is 1. The molecule has 5 rings (SSSR count). The Kier molecular flexibility index (Phi) is 3.86. The first-order chi connectivity index (χ1) is 13.2. The van der Waals surface area contributed by atoms with Crippen LogP contribution in [0.25, 0.3) is 0 Å². The van der Waals surface area contributed by atoms with E-state index in [0.717, 1.165) is 32.6 Å². The molecule has 3 aromatic rings. The number of aromatic hydroxyl groups is 1. The van der Waals surface area contributed by atoms with Crippen LogP contribution in [-0.4, -0.2) is 20.8 Å². The third-order valence-corrected chi connectivity index (χ3v) is 5.45. The van der Waals surface area contributed by atoms with E-state index in [9.17, 15) is 5.11 Å². The summed E-state index contributed by atoms with van der Waals surface area (Å²) in [6.07, 6.45) is 3.88. The predicted octanol–water partition coefficient (Wildman–Crippen LogP) is 4.79. The van der Waals surface area contributed by atoms with Crippen LogP contribution >= 0.6 is 15.9 Å². The Morgan fingerprint density at radius 1 is 1.07 bits per heavy atom. The smallest absolute Gasteiger partial charge is 0.213 e. The van der Waals surface area contributed by atoms with Crippen molar-refractivity contribution in [1.82, 2.24) is 9.99 Å². The van der Waals surface area contributed by atoms with Gasteiger partial charge >= 0.3 is 0 Å². The summed E-state index contributed by atoms with van der Waals surface area (Å²) in [6, 6.07) is 17.3. The van der Waals surface area contributed by atoms with E-state index < -0.39 is 0 Å². The standard InChI is InChI=1S/C21H16BrN3O2/c22-14-5-6-20-16(11-14)18-12-17(15-3-1-2-4-19(15)26)24-25(18)21(27-20)13-7-9-23-10-8-13/h1-11,18,21,26H,12H2/t18-,21+/m0/s1. The second-order valence-corrected chi connectivity index (χ2v) is 7.51. The number of pyridine rings is 1. The lowest BCUT2D eigenvalue weighted by atomic mass is 9.95. The highest BCUT2D eigenvalue weighted by Crippen LogP contribution is 2.48. The average Bonchev–Trinajstić information content (AvgIpc) is 3.14. The second kappa shape index (κ2) is 6.39. The fourth-order valence-corrected chi connectivity index (χ4v) is 4.07. The van der Waals surface area contributed by atoms with Gasteiger partial charge in [0.2, 0.25) is 6.23 Å². The van der Waals surface area contributed by atoms with Crippen molar-refractivity contribution >= 4 is 21.6 Å². The van der Waals surface area contributed by atoms with Gasteiger partial charge in [-0.25, -0.2) is 5.01 Å². The summed E-state index contributed by atoms with van der Waals surface area (Å²) in [7, 11) is 0. The molecule has 0 unspecified atom stereocenters. The molecular weight excluding hydrogens is 406 g/mol. The van der Waals surface area contributed by atoms with Crippen molar-refractivity contribution in [1.29, 1.82) is 0 Å². The number of hydrogen-bond donors (Lipinski definition) is 1. The van der Waals surface area contributed by atoms with Crippen LogP contribution in [0.4, 0.5) is 0 Å². The van der Waals surface area contributed by atoms with Crippen molar-refractivity contribution in [3.8, 4) is 11.5 Å². The SMILES string of the molecule is Oc1ccccc1C1=NN2[C@@H](c3ccncc3)Oc3ccc(Br)cc3[C@@H]2C1. The Bertz CT molecular complexity index is 1040. The number of phenolic OH excluding ortho intramolecular Hbond substituents is 1. The van der Waals surface area contributed by atoms with Gasteiger partial charge in [-0.1, -0.05) is 28.1 Å². The summed E-state index contributed by atoms with van der Waals surface area (Å²) in [5.74, 6) is 1.10. The van der Waals surface area contributed by atoms with Crippen LogP contribution in [0.1, 0.15) is 35.4 Å². The van der Waals surface area contributed by atoms with Gasteiger partial charge in [0.05, 0.1) is 11.8 Å². The Hall–Kier alpha value is -2.86. The van der Waals surface area contributed by atoms with Crippen LogP contribution in [0, 0.1) is 0 Å². The van der Waals surface area contributed by atoms with Gasteiger partial charge in [-0.2, -0.15) is 5.10 Å². The summed E-state index contributed by atoms with van der Waals surface area (Å²) in [4.78, 5) is 4.11. The number of halogens is 1. The van der Waals surface area contributed by atoms with Crippen LogP contribution in [0.5, 0.6) is 11.5 Å². The molecule has 0 saturated heterocycles. The van der Waals surface area contributed by atoms with Gasteiger partial charge in [-0.15, -0.1) is 0 Å². The van der Waals surface area contributed by atoms with Crippen LogP contribution in [-0.2, 0) is 0 Å². The molecule has 2 aliphatic rings. The van der Waals surface area contributed by atoms with Gasteiger partial charge in [0.1, 0.15) is 11.5 Å². The molecule has 1 N–H and O–H groups in total.